The van der Waals surface area contributed by atoms with Gasteiger partial charge in [0.05, 0.1) is 37.1 Å². The molecular weight excluding hydrogens is 652 g/mol. The van der Waals surface area contributed by atoms with E-state index in [2.05, 4.69) is 37.2 Å². The summed E-state index contributed by atoms with van der Waals surface area (Å²) in [5.74, 6) is -1.70. The largest absolute Gasteiger partial charge is 0.493 e. The first-order chi connectivity index (χ1) is 19.1. The number of carbonyl (C=O) groups is 4. The molecule has 40 heavy (non-hydrogen) atoms. The second-order valence-corrected chi connectivity index (χ2v) is 10.2. The monoisotopic (exact) mass is 672 g/mol. The van der Waals surface area contributed by atoms with Crippen molar-refractivity contribution in [3.63, 3.8) is 0 Å². The van der Waals surface area contributed by atoms with Crippen molar-refractivity contribution in [2.75, 3.05) is 26.2 Å². The lowest BCUT2D eigenvalue weighted by Crippen LogP contribution is -2.54. The number of amides is 4. The maximum absolute atomic E-state index is 13.4. The molecule has 3 aromatic rings. The number of carbonyl (C=O) groups excluding carboxylic acids is 4. The second kappa shape index (κ2) is 11.9. The molecule has 0 bridgehead atoms. The summed E-state index contributed by atoms with van der Waals surface area (Å²) in [6, 6.07) is 11.8. The van der Waals surface area contributed by atoms with E-state index in [-0.39, 0.29) is 39.6 Å². The van der Waals surface area contributed by atoms with Gasteiger partial charge in [-0.05, 0) is 65.3 Å². The molecule has 1 heterocycles. The number of rotatable bonds is 7. The number of imide groups is 2. The van der Waals surface area contributed by atoms with E-state index >= 15 is 0 Å². The van der Waals surface area contributed by atoms with Crippen LogP contribution < -0.4 is 29.2 Å². The van der Waals surface area contributed by atoms with E-state index in [0.717, 1.165) is 10.5 Å². The Hall–Kier alpha value is -4.16. The Morgan fingerprint density at radius 1 is 0.875 bits per heavy atom. The van der Waals surface area contributed by atoms with E-state index in [1.54, 1.807) is 36.4 Å². The van der Waals surface area contributed by atoms with Gasteiger partial charge in [0.15, 0.2) is 17.2 Å². The Balaban J connectivity index is 1.75. The van der Waals surface area contributed by atoms with Crippen molar-refractivity contribution in [2.24, 2.45) is 0 Å². The molecule has 4 rings (SSSR count). The minimum atomic E-state index is -0.892. The second-order valence-electron chi connectivity index (χ2n) is 8.40. The smallest absolute Gasteiger partial charge is 0.343 e. The molecule has 206 valence electrons. The van der Waals surface area contributed by atoms with Gasteiger partial charge in [-0.2, -0.15) is 0 Å². The molecule has 1 fully saturated rings. The maximum atomic E-state index is 13.4. The fourth-order valence-corrected chi connectivity index (χ4v) is 5.23. The summed E-state index contributed by atoms with van der Waals surface area (Å²) in [7, 11) is 4.27. The van der Waals surface area contributed by atoms with Crippen LogP contribution in [0.2, 0.25) is 0 Å². The van der Waals surface area contributed by atoms with Crippen LogP contribution in [0.3, 0.4) is 0 Å². The van der Waals surface area contributed by atoms with Crippen LogP contribution >= 0.6 is 31.9 Å². The molecule has 3 aromatic carbocycles. The SMILES string of the molecule is COc1cc(C(=O)Oc2c(Br)cc(Br)cc2/C=C2/C(=O)NC(=O)N(c3ccc(C)cc3)C2=O)cc(OC)c1OC. The number of anilines is 1. The zero-order valence-corrected chi connectivity index (χ0v) is 24.8. The summed E-state index contributed by atoms with van der Waals surface area (Å²) in [6.07, 6.45) is 1.25. The highest BCUT2D eigenvalue weighted by molar-refractivity contribution is 9.11. The third-order valence-corrected chi connectivity index (χ3v) is 6.87. The standard InChI is InChI=1S/C28H22Br2N2O8/c1-14-5-7-18(8-6-14)32-26(34)19(25(33)31-28(32)36)10-15-9-17(29)13-20(30)23(15)40-27(35)16-11-21(37-2)24(39-4)22(12-16)38-3/h5-13H,1-4H3,(H,31,33,36)/b19-10-. The molecule has 0 aliphatic carbocycles. The average molecular weight is 674 g/mol. The molecule has 12 heteroatoms. The van der Waals surface area contributed by atoms with Crippen LogP contribution in [0.25, 0.3) is 6.08 Å². The van der Waals surface area contributed by atoms with Crippen LogP contribution in [0.1, 0.15) is 21.5 Å². The number of nitrogens with zero attached hydrogens (tertiary/aromatic N) is 1. The number of ether oxygens (including phenoxy) is 4. The van der Waals surface area contributed by atoms with E-state index in [4.69, 9.17) is 18.9 Å². The Kier molecular flexibility index (Phi) is 8.60. The minimum Gasteiger partial charge on any atom is -0.493 e. The average Bonchev–Trinajstić information content (AvgIpc) is 2.92. The van der Waals surface area contributed by atoms with E-state index in [9.17, 15) is 19.2 Å². The summed E-state index contributed by atoms with van der Waals surface area (Å²) in [5, 5.41) is 2.18. The summed E-state index contributed by atoms with van der Waals surface area (Å²) < 4.78 is 22.6. The van der Waals surface area contributed by atoms with Gasteiger partial charge in [0.2, 0.25) is 5.75 Å². The van der Waals surface area contributed by atoms with Crippen molar-refractivity contribution < 1.29 is 38.1 Å². The zero-order valence-electron chi connectivity index (χ0n) is 21.7. The fourth-order valence-electron chi connectivity index (χ4n) is 3.89. The van der Waals surface area contributed by atoms with Crippen LogP contribution in [0.4, 0.5) is 10.5 Å². The number of urea groups is 1. The molecule has 10 nitrogen and oxygen atoms in total. The van der Waals surface area contributed by atoms with Crippen molar-refractivity contribution in [3.8, 4) is 23.0 Å². The predicted octanol–water partition coefficient (Wildman–Crippen LogP) is 5.43. The Labute approximate surface area is 246 Å². The van der Waals surface area contributed by atoms with Gasteiger partial charge in [-0.15, -0.1) is 0 Å². The van der Waals surface area contributed by atoms with Crippen molar-refractivity contribution in [1.82, 2.24) is 5.32 Å². The van der Waals surface area contributed by atoms with Crippen molar-refractivity contribution in [1.29, 1.82) is 0 Å². The fraction of sp³-hybridized carbons (Fsp3) is 0.143. The van der Waals surface area contributed by atoms with Crippen LogP contribution in [0.15, 0.2) is 63.0 Å². The van der Waals surface area contributed by atoms with Crippen LogP contribution in [0, 0.1) is 6.92 Å². The van der Waals surface area contributed by atoms with Gasteiger partial charge in [0.1, 0.15) is 5.57 Å². The lowest BCUT2D eigenvalue weighted by atomic mass is 10.1. The molecule has 0 spiro atoms. The summed E-state index contributed by atoms with van der Waals surface area (Å²) in [4.78, 5) is 52.8. The summed E-state index contributed by atoms with van der Waals surface area (Å²) in [6.45, 7) is 1.86. The van der Waals surface area contributed by atoms with E-state index in [1.165, 1.54) is 39.5 Å². The maximum Gasteiger partial charge on any atom is 0.343 e. The molecule has 0 radical (unpaired) electrons. The molecule has 0 atom stereocenters. The van der Waals surface area contributed by atoms with Gasteiger partial charge in [0.25, 0.3) is 11.8 Å². The highest BCUT2D eigenvalue weighted by Gasteiger charge is 2.37. The van der Waals surface area contributed by atoms with E-state index in [1.807, 2.05) is 6.92 Å². The molecule has 1 aliphatic heterocycles. The first kappa shape index (κ1) is 28.8. The molecule has 1 saturated heterocycles. The van der Waals surface area contributed by atoms with Gasteiger partial charge in [0, 0.05) is 10.0 Å². The number of aryl methyl sites for hydroxylation is 1. The first-order valence-corrected chi connectivity index (χ1v) is 13.2. The van der Waals surface area contributed by atoms with Crippen LogP contribution in [-0.4, -0.2) is 45.1 Å². The number of methoxy groups -OCH3 is 3. The van der Waals surface area contributed by atoms with E-state index in [0.29, 0.717) is 14.7 Å². The third kappa shape index (κ3) is 5.73. The molecule has 0 aromatic heterocycles. The number of benzene rings is 3. The van der Waals surface area contributed by atoms with Crippen molar-refractivity contribution in [3.05, 3.63) is 79.7 Å². The van der Waals surface area contributed by atoms with Gasteiger partial charge in [-0.25, -0.2) is 14.5 Å². The predicted molar refractivity (Wildman–Crippen MR) is 153 cm³/mol. The van der Waals surface area contributed by atoms with Crippen LogP contribution in [0.5, 0.6) is 23.0 Å². The summed E-state index contributed by atoms with van der Waals surface area (Å²) in [5.41, 5.74) is 1.17. The number of nitrogens with one attached hydrogen (secondary N) is 1. The van der Waals surface area contributed by atoms with Gasteiger partial charge >= 0.3 is 12.0 Å². The Morgan fingerprint density at radius 2 is 1.50 bits per heavy atom. The minimum absolute atomic E-state index is 0.0221. The Bertz CT molecular complexity index is 1540. The van der Waals surface area contributed by atoms with Crippen LogP contribution in [-0.2, 0) is 9.59 Å². The lowest BCUT2D eigenvalue weighted by molar-refractivity contribution is -0.122. The normalized spacial score (nSPS) is 14.2. The van der Waals surface area contributed by atoms with Gasteiger partial charge in [-0.1, -0.05) is 33.6 Å². The highest BCUT2D eigenvalue weighted by Crippen LogP contribution is 2.40. The van der Waals surface area contributed by atoms with E-state index < -0.39 is 23.8 Å². The van der Waals surface area contributed by atoms with Crippen molar-refractivity contribution >= 4 is 67.4 Å². The zero-order chi connectivity index (χ0) is 29.1. The lowest BCUT2D eigenvalue weighted by Gasteiger charge is -2.26. The molecule has 0 unspecified atom stereocenters. The molecule has 4 amide bonds. The molecule has 1 N–H and O–H groups in total. The number of hydrogen-bond donors (Lipinski definition) is 1. The number of halogens is 2. The summed E-state index contributed by atoms with van der Waals surface area (Å²) >= 11 is 6.76. The quantitative estimate of drug-likeness (QED) is 0.153. The number of esters is 1. The first-order valence-electron chi connectivity index (χ1n) is 11.6. The highest BCUT2D eigenvalue weighted by atomic mass is 79.9. The topological polar surface area (TPSA) is 120 Å². The Morgan fingerprint density at radius 3 is 2.08 bits per heavy atom. The molecule has 0 saturated carbocycles. The molecule has 1 aliphatic rings. The third-order valence-electron chi connectivity index (χ3n) is 5.83. The van der Waals surface area contributed by atoms with Gasteiger partial charge < -0.3 is 18.9 Å². The number of hydrogen-bond acceptors (Lipinski definition) is 8. The van der Waals surface area contributed by atoms with Gasteiger partial charge in [-0.3, -0.25) is 14.9 Å². The van der Waals surface area contributed by atoms with Crippen molar-refractivity contribution in [2.45, 2.75) is 6.92 Å². The number of barbiturate groups is 1. The molecular formula is C28H22Br2N2O8.